The molecule has 0 N–H and O–H groups in total. The van der Waals surface area contributed by atoms with Gasteiger partial charge in [0.15, 0.2) is 11.6 Å². The van der Waals surface area contributed by atoms with Crippen LogP contribution in [0.3, 0.4) is 0 Å². The SMILES string of the molecule is CN(C)CCCC(=O)c1ccc2c(c1)Oc1ccc(C(=O)CCCN(C)C)cc1S2. The lowest BCUT2D eigenvalue weighted by Crippen LogP contribution is -2.14. The lowest BCUT2D eigenvalue weighted by molar-refractivity contribution is 0.0968. The van der Waals surface area contributed by atoms with E-state index in [0.717, 1.165) is 47.0 Å². The molecule has 5 nitrogen and oxygen atoms in total. The topological polar surface area (TPSA) is 49.9 Å². The van der Waals surface area contributed by atoms with Crippen molar-refractivity contribution in [3.05, 3.63) is 47.5 Å². The van der Waals surface area contributed by atoms with E-state index >= 15 is 0 Å². The first-order valence-electron chi connectivity index (χ1n) is 10.3. The number of benzene rings is 2. The van der Waals surface area contributed by atoms with Crippen molar-refractivity contribution in [2.45, 2.75) is 35.5 Å². The summed E-state index contributed by atoms with van der Waals surface area (Å²) in [5.74, 6) is 1.73. The number of rotatable bonds is 10. The van der Waals surface area contributed by atoms with E-state index in [2.05, 4.69) is 9.80 Å². The summed E-state index contributed by atoms with van der Waals surface area (Å²) in [6, 6.07) is 11.3. The molecule has 160 valence electrons. The average molecular weight is 427 g/mol. The molecule has 0 saturated carbocycles. The standard InChI is InChI=1S/C24H30N2O3S/c1-25(2)13-5-7-19(27)17-10-12-23-22(15-17)29-21-11-9-18(16-24(21)30-23)20(28)8-6-14-26(3)4/h9-12,15-16H,5-8,13-14H2,1-4H3. The number of carbonyl (C=O) groups is 2. The molecule has 1 aliphatic heterocycles. The molecule has 0 amide bonds. The highest BCUT2D eigenvalue weighted by Gasteiger charge is 2.21. The predicted octanol–water partition coefficient (Wildman–Crippen LogP) is 4.99. The zero-order valence-corrected chi connectivity index (χ0v) is 19.1. The molecule has 2 aromatic carbocycles. The highest BCUT2D eigenvalue weighted by molar-refractivity contribution is 7.99. The summed E-state index contributed by atoms with van der Waals surface area (Å²) in [7, 11) is 8.04. The van der Waals surface area contributed by atoms with E-state index < -0.39 is 0 Å². The minimum atomic E-state index is 0.137. The van der Waals surface area contributed by atoms with E-state index in [0.29, 0.717) is 24.2 Å². The summed E-state index contributed by atoms with van der Waals surface area (Å²) in [5, 5.41) is 0. The molecule has 0 unspecified atom stereocenters. The number of ether oxygens (including phenoxy) is 1. The smallest absolute Gasteiger partial charge is 0.163 e. The van der Waals surface area contributed by atoms with Gasteiger partial charge in [0, 0.05) is 24.0 Å². The molecule has 0 atom stereocenters. The molecule has 0 radical (unpaired) electrons. The van der Waals surface area contributed by atoms with E-state index in [1.54, 1.807) is 11.8 Å². The van der Waals surface area contributed by atoms with Gasteiger partial charge in [0.25, 0.3) is 0 Å². The largest absolute Gasteiger partial charge is 0.455 e. The molecule has 0 bridgehead atoms. The summed E-state index contributed by atoms with van der Waals surface area (Å²) in [6.07, 6.45) is 2.76. The second-order valence-corrected chi connectivity index (χ2v) is 9.27. The quantitative estimate of drug-likeness (QED) is 0.426. The Bertz CT molecular complexity index is 849. The van der Waals surface area contributed by atoms with Crippen molar-refractivity contribution in [3.8, 4) is 11.5 Å². The number of hydrogen-bond acceptors (Lipinski definition) is 6. The fourth-order valence-corrected chi connectivity index (χ4v) is 4.30. The van der Waals surface area contributed by atoms with Gasteiger partial charge in [0.05, 0.1) is 9.79 Å². The van der Waals surface area contributed by atoms with Crippen molar-refractivity contribution in [3.63, 3.8) is 0 Å². The van der Waals surface area contributed by atoms with Crippen molar-refractivity contribution < 1.29 is 14.3 Å². The molecule has 6 heteroatoms. The lowest BCUT2D eigenvalue weighted by Gasteiger charge is -2.20. The highest BCUT2D eigenvalue weighted by Crippen LogP contribution is 2.47. The van der Waals surface area contributed by atoms with E-state index in [1.807, 2.05) is 64.6 Å². The van der Waals surface area contributed by atoms with Crippen LogP contribution in [0, 0.1) is 0 Å². The van der Waals surface area contributed by atoms with Crippen LogP contribution in [0.1, 0.15) is 46.4 Å². The van der Waals surface area contributed by atoms with Crippen molar-refractivity contribution in [1.82, 2.24) is 9.80 Å². The summed E-state index contributed by atoms with van der Waals surface area (Å²) >= 11 is 1.58. The number of fused-ring (bicyclic) bond motifs is 2. The maximum Gasteiger partial charge on any atom is 0.163 e. The maximum atomic E-state index is 12.5. The average Bonchev–Trinajstić information content (AvgIpc) is 2.70. The second-order valence-electron chi connectivity index (χ2n) is 8.19. The summed E-state index contributed by atoms with van der Waals surface area (Å²) in [6.45, 7) is 1.80. The first kappa shape index (κ1) is 22.5. The van der Waals surface area contributed by atoms with Gasteiger partial charge in [0.2, 0.25) is 0 Å². The fourth-order valence-electron chi connectivity index (χ4n) is 3.33. The van der Waals surface area contributed by atoms with Crippen molar-refractivity contribution >= 4 is 23.3 Å². The normalized spacial score (nSPS) is 12.5. The monoisotopic (exact) mass is 426 g/mol. The molecule has 0 spiro atoms. The third kappa shape index (κ3) is 5.94. The Morgan fingerprint density at radius 1 is 0.767 bits per heavy atom. The molecule has 2 aromatic rings. The van der Waals surface area contributed by atoms with Crippen LogP contribution in [0.25, 0.3) is 0 Å². The molecule has 1 heterocycles. The summed E-state index contributed by atoms with van der Waals surface area (Å²) in [4.78, 5) is 31.0. The van der Waals surface area contributed by atoms with E-state index in [1.165, 1.54) is 0 Å². The molecule has 0 aliphatic carbocycles. The Kier molecular flexibility index (Phi) is 7.69. The Labute approximate surface area is 183 Å². The lowest BCUT2D eigenvalue weighted by atomic mass is 10.1. The van der Waals surface area contributed by atoms with Crippen molar-refractivity contribution in [2.24, 2.45) is 0 Å². The number of carbonyl (C=O) groups excluding carboxylic acids is 2. The molecule has 0 aromatic heterocycles. The minimum absolute atomic E-state index is 0.137. The summed E-state index contributed by atoms with van der Waals surface area (Å²) in [5.41, 5.74) is 1.41. The van der Waals surface area contributed by atoms with Crippen molar-refractivity contribution in [1.29, 1.82) is 0 Å². The van der Waals surface area contributed by atoms with Crippen LogP contribution >= 0.6 is 11.8 Å². The fraction of sp³-hybridized carbons (Fsp3) is 0.417. The van der Waals surface area contributed by atoms with Gasteiger partial charge in [-0.05, 0) is 84.5 Å². The number of nitrogens with zero attached hydrogens (tertiary/aromatic N) is 2. The molecular weight excluding hydrogens is 396 g/mol. The van der Waals surface area contributed by atoms with Crippen LogP contribution in [-0.2, 0) is 0 Å². The third-order valence-corrected chi connectivity index (χ3v) is 6.09. The van der Waals surface area contributed by atoms with Crippen LogP contribution in [0.2, 0.25) is 0 Å². The van der Waals surface area contributed by atoms with Crippen LogP contribution in [0.15, 0.2) is 46.2 Å². The summed E-state index contributed by atoms with van der Waals surface area (Å²) < 4.78 is 6.06. The molecule has 0 fully saturated rings. The van der Waals surface area contributed by atoms with Gasteiger partial charge in [0.1, 0.15) is 11.5 Å². The van der Waals surface area contributed by atoms with Gasteiger partial charge in [-0.2, -0.15) is 0 Å². The van der Waals surface area contributed by atoms with Crippen LogP contribution in [0.5, 0.6) is 11.5 Å². The zero-order chi connectivity index (χ0) is 21.7. The van der Waals surface area contributed by atoms with Crippen LogP contribution < -0.4 is 4.74 Å². The first-order chi connectivity index (χ1) is 14.3. The predicted molar refractivity (Wildman–Crippen MR) is 121 cm³/mol. The molecule has 3 rings (SSSR count). The van der Waals surface area contributed by atoms with Gasteiger partial charge < -0.3 is 14.5 Å². The Balaban J connectivity index is 1.67. The molecular formula is C24H30N2O3S. The van der Waals surface area contributed by atoms with E-state index in [9.17, 15) is 9.59 Å². The number of ketones is 2. The third-order valence-electron chi connectivity index (χ3n) is 4.99. The number of hydrogen-bond donors (Lipinski definition) is 0. The molecule has 0 saturated heterocycles. The Morgan fingerprint density at radius 3 is 1.93 bits per heavy atom. The van der Waals surface area contributed by atoms with Crippen LogP contribution in [-0.4, -0.2) is 62.6 Å². The first-order valence-corrected chi connectivity index (χ1v) is 11.1. The van der Waals surface area contributed by atoms with Gasteiger partial charge in [-0.3, -0.25) is 9.59 Å². The molecule has 30 heavy (non-hydrogen) atoms. The minimum Gasteiger partial charge on any atom is -0.455 e. The Morgan fingerprint density at radius 2 is 1.33 bits per heavy atom. The maximum absolute atomic E-state index is 12.5. The molecule has 1 aliphatic rings. The van der Waals surface area contributed by atoms with Crippen molar-refractivity contribution in [2.75, 3.05) is 41.3 Å². The van der Waals surface area contributed by atoms with Gasteiger partial charge >= 0.3 is 0 Å². The van der Waals surface area contributed by atoms with Crippen LogP contribution in [0.4, 0.5) is 0 Å². The Hall–Kier alpha value is -2.15. The highest BCUT2D eigenvalue weighted by atomic mass is 32.2. The van der Waals surface area contributed by atoms with Gasteiger partial charge in [-0.25, -0.2) is 0 Å². The second kappa shape index (κ2) is 10.2. The van der Waals surface area contributed by atoms with E-state index in [-0.39, 0.29) is 11.6 Å². The van der Waals surface area contributed by atoms with Gasteiger partial charge in [-0.1, -0.05) is 17.8 Å². The number of Topliss-reactive ketones (excluding diaryl/α,β-unsaturated/α-hetero) is 2. The zero-order valence-electron chi connectivity index (χ0n) is 18.2. The van der Waals surface area contributed by atoms with Gasteiger partial charge in [-0.15, -0.1) is 0 Å². The van der Waals surface area contributed by atoms with E-state index in [4.69, 9.17) is 4.74 Å².